The lowest BCUT2D eigenvalue weighted by atomic mass is 9.87. The lowest BCUT2D eigenvalue weighted by Gasteiger charge is -2.44. The van der Waals surface area contributed by atoms with Crippen molar-refractivity contribution in [3.05, 3.63) is 0 Å². The van der Waals surface area contributed by atoms with Crippen molar-refractivity contribution in [1.82, 2.24) is 0 Å². The molecule has 0 fully saturated rings. The van der Waals surface area contributed by atoms with E-state index in [1.165, 1.54) is 0 Å². The third-order valence-electron chi connectivity index (χ3n) is 8.41. The van der Waals surface area contributed by atoms with Gasteiger partial charge in [0.2, 0.25) is 0 Å². The van der Waals surface area contributed by atoms with Gasteiger partial charge in [0.05, 0.1) is 6.42 Å². The van der Waals surface area contributed by atoms with Gasteiger partial charge >= 0.3 is 131 Å². The van der Waals surface area contributed by atoms with E-state index in [0.717, 1.165) is 0 Å². The van der Waals surface area contributed by atoms with Crippen LogP contribution in [0, 0.1) is 0 Å². The SMILES string of the molecule is O=C(CC(C(=O)OC(F)(F)C(F)(F)C(F)(F)C(F)(F)C(F)(F)C(F)(F)C(F)(F)C(F)(F)C(F)(F)C(F)(F)F)S(=O)(=O)O)OC(F)(F)C(F)(F)C(F)(F)C(F)(F)C(F)(F)C(F)(F)C(F)(F)C(F)(F)C(F)(F)C(F)(F)F. The molecular weight excluding hydrogens is 1230 g/mol. The molecule has 0 saturated carbocycles. The molecule has 0 saturated heterocycles. The molecule has 0 aliphatic carbocycles. The summed E-state index contributed by atoms with van der Waals surface area (Å²) in [5.74, 6) is -163. The summed E-state index contributed by atoms with van der Waals surface area (Å²) < 4.78 is 601. The molecule has 0 bridgehead atoms. The second kappa shape index (κ2) is 17.7. The van der Waals surface area contributed by atoms with Crippen LogP contribution in [0.1, 0.15) is 6.42 Å². The standard InChI is InChI=1S/C24H4F42O7S/c25-5(26,9(33,34)13(41,42)17(49,50)21(57,58)59)7(29,30)11(37,38)15(45,46)19(53,54)23(63,64)72-3(67)1-2(74(69,70)71)4(68)73-24(65,66)20(55,56)16(47,48)12(39,40)8(31,32)6(27,28)10(35,36)14(43,44)18(51,52)22(60,61)62/h2H,1H2,(H,69,70,71). The van der Waals surface area contributed by atoms with Crippen LogP contribution >= 0.6 is 0 Å². The number of halogens is 42. The van der Waals surface area contributed by atoms with Crippen LogP contribution in [0.4, 0.5) is 184 Å². The van der Waals surface area contributed by atoms with Crippen molar-refractivity contribution in [3.8, 4) is 0 Å². The summed E-state index contributed by atoms with van der Waals surface area (Å²) >= 11 is 0. The van der Waals surface area contributed by atoms with Crippen molar-refractivity contribution in [2.24, 2.45) is 0 Å². The Labute approximate surface area is 370 Å². The van der Waals surface area contributed by atoms with Gasteiger partial charge in [-0.3, -0.25) is 14.1 Å². The molecule has 0 spiro atoms. The van der Waals surface area contributed by atoms with E-state index in [-0.39, 0.29) is 0 Å². The summed E-state index contributed by atoms with van der Waals surface area (Å²) in [4.78, 5) is 23.2. The minimum Gasteiger partial charge on any atom is -0.396 e. The molecule has 0 aromatic carbocycles. The molecule has 74 heavy (non-hydrogen) atoms. The maximum Gasteiger partial charge on any atom is 0.473 e. The Kier molecular flexibility index (Phi) is 16.7. The minimum atomic E-state index is -9.94. The highest BCUT2D eigenvalue weighted by Crippen LogP contribution is 2.69. The first-order valence-corrected chi connectivity index (χ1v) is 17.0. The molecule has 50 heteroatoms. The summed E-state index contributed by atoms with van der Waals surface area (Å²) in [5, 5.41) is -5.49. The van der Waals surface area contributed by atoms with Crippen LogP contribution in [0.3, 0.4) is 0 Å². The van der Waals surface area contributed by atoms with Crippen molar-refractivity contribution in [1.29, 1.82) is 0 Å². The Balaban J connectivity index is 7.35. The van der Waals surface area contributed by atoms with E-state index in [4.69, 9.17) is 4.55 Å². The summed E-state index contributed by atoms with van der Waals surface area (Å²) in [6.45, 7) is 0. The summed E-state index contributed by atoms with van der Waals surface area (Å²) in [7, 11) is -7.70. The van der Waals surface area contributed by atoms with Crippen molar-refractivity contribution in [3.63, 3.8) is 0 Å². The molecule has 0 rings (SSSR count). The van der Waals surface area contributed by atoms with Crippen LogP contribution in [-0.4, -0.2) is 149 Å². The van der Waals surface area contributed by atoms with Gasteiger partial charge in [-0.15, -0.1) is 0 Å². The first-order chi connectivity index (χ1) is 31.1. The van der Waals surface area contributed by atoms with Gasteiger partial charge in [-0.2, -0.15) is 193 Å². The van der Waals surface area contributed by atoms with E-state index in [0.29, 0.717) is 0 Å². The highest BCUT2D eigenvalue weighted by molar-refractivity contribution is 7.87. The second-order valence-corrected chi connectivity index (χ2v) is 14.9. The molecule has 7 nitrogen and oxygen atoms in total. The third kappa shape index (κ3) is 9.19. The van der Waals surface area contributed by atoms with Gasteiger partial charge < -0.3 is 9.47 Å². The average Bonchev–Trinajstić information content (AvgIpc) is 3.13. The number of alkyl halides is 42. The summed E-state index contributed by atoms with van der Waals surface area (Å²) in [6, 6.07) is 0. The zero-order valence-electron chi connectivity index (χ0n) is 31.5. The van der Waals surface area contributed by atoms with Crippen molar-refractivity contribution < 1.29 is 216 Å². The van der Waals surface area contributed by atoms with Crippen molar-refractivity contribution >= 4 is 22.1 Å². The van der Waals surface area contributed by atoms with E-state index in [1.54, 1.807) is 9.47 Å². The van der Waals surface area contributed by atoms with Crippen LogP contribution in [0.5, 0.6) is 0 Å². The predicted octanol–water partition coefficient (Wildman–Crippen LogP) is 12.2. The van der Waals surface area contributed by atoms with Crippen LogP contribution < -0.4 is 0 Å². The lowest BCUT2D eigenvalue weighted by molar-refractivity contribution is -0.482. The Morgan fingerprint density at radius 2 is 0.459 bits per heavy atom. The van der Waals surface area contributed by atoms with Gasteiger partial charge in [-0.05, 0) is 0 Å². The fourth-order valence-electron chi connectivity index (χ4n) is 4.05. The fourth-order valence-corrected chi connectivity index (χ4v) is 4.69. The Morgan fingerprint density at radius 1 is 0.297 bits per heavy atom. The average molecular weight is 1230 g/mol. The predicted molar refractivity (Wildman–Crippen MR) is 133 cm³/mol. The summed E-state index contributed by atoms with van der Waals surface area (Å²) in [6.07, 6.45) is -38.5. The first kappa shape index (κ1) is 69.9. The van der Waals surface area contributed by atoms with Gasteiger partial charge in [0.25, 0.3) is 10.1 Å². The zero-order valence-corrected chi connectivity index (χ0v) is 32.3. The Morgan fingerprint density at radius 3 is 0.635 bits per heavy atom. The van der Waals surface area contributed by atoms with Crippen LogP contribution in [-0.2, 0) is 29.2 Å². The maximum atomic E-state index is 14.1. The molecular formula is C24H4F42O7S. The quantitative estimate of drug-likeness (QED) is 0.0654. The molecule has 0 aliphatic rings. The van der Waals surface area contributed by atoms with Gasteiger partial charge in [0, 0.05) is 0 Å². The van der Waals surface area contributed by atoms with Gasteiger partial charge in [-0.1, -0.05) is 0 Å². The Hall–Kier alpha value is -4.09. The Bertz CT molecular complexity index is 2200. The number of hydrogen-bond donors (Lipinski definition) is 1. The normalized spacial score (nSPS) is 17.1. The third-order valence-corrected chi connectivity index (χ3v) is 9.49. The highest BCUT2D eigenvalue weighted by atomic mass is 32.2. The van der Waals surface area contributed by atoms with Crippen molar-refractivity contribution in [2.45, 2.75) is 131 Å². The molecule has 0 aromatic rings. The largest absolute Gasteiger partial charge is 0.473 e. The monoisotopic (exact) mass is 1230 g/mol. The number of ether oxygens (including phenoxy) is 2. The van der Waals surface area contributed by atoms with Crippen LogP contribution in [0.15, 0.2) is 0 Å². The fraction of sp³-hybridized carbons (Fsp3) is 0.917. The first-order valence-electron chi connectivity index (χ1n) is 15.5. The molecule has 0 aliphatic heterocycles. The lowest BCUT2D eigenvalue weighted by Crippen LogP contribution is -2.77. The van der Waals surface area contributed by atoms with Gasteiger partial charge in [-0.25, -0.2) is 0 Å². The molecule has 0 heterocycles. The second-order valence-electron chi connectivity index (χ2n) is 13.3. The topological polar surface area (TPSA) is 107 Å². The summed E-state index contributed by atoms with van der Waals surface area (Å²) in [5.41, 5.74) is 0. The van der Waals surface area contributed by atoms with Crippen LogP contribution in [0.2, 0.25) is 0 Å². The van der Waals surface area contributed by atoms with E-state index in [1.807, 2.05) is 0 Å². The number of esters is 2. The molecule has 1 atom stereocenters. The van der Waals surface area contributed by atoms with E-state index in [9.17, 15) is 202 Å². The van der Waals surface area contributed by atoms with E-state index >= 15 is 0 Å². The highest BCUT2D eigenvalue weighted by Gasteiger charge is 3.00. The van der Waals surface area contributed by atoms with Gasteiger partial charge in [0.15, 0.2) is 5.25 Å². The van der Waals surface area contributed by atoms with Crippen molar-refractivity contribution in [2.75, 3.05) is 0 Å². The number of hydrogen-bond acceptors (Lipinski definition) is 6. The molecule has 0 amide bonds. The molecule has 0 radical (unpaired) electrons. The molecule has 442 valence electrons. The zero-order chi connectivity index (χ0) is 61.4. The maximum absolute atomic E-state index is 14.1. The number of carbonyl (C=O) groups is 2. The number of carbonyl (C=O) groups excluding carboxylic acids is 2. The molecule has 1 unspecified atom stereocenters. The van der Waals surface area contributed by atoms with E-state index < -0.39 is 153 Å². The number of rotatable bonds is 22. The van der Waals surface area contributed by atoms with Gasteiger partial charge in [0.1, 0.15) is 0 Å². The van der Waals surface area contributed by atoms with Crippen LogP contribution in [0.25, 0.3) is 0 Å². The molecule has 0 aromatic heterocycles. The molecule has 1 N–H and O–H groups in total. The smallest absolute Gasteiger partial charge is 0.396 e. The van der Waals surface area contributed by atoms with E-state index in [2.05, 4.69) is 0 Å². The minimum absolute atomic E-state index is 1.59.